The van der Waals surface area contributed by atoms with E-state index in [1.165, 1.54) is 38.9 Å². The SMILES string of the molecule is CNC(=O)c1cnc(Cl)cn1.CNC(=O)c1cnc(Oc2cc(O[C@@H](C)CO)cc(-c3ccc(C4=NC[C@H](C)O4)[nH]3)c2)cn1. The Balaban J connectivity index is 0.000000339. The van der Waals surface area contributed by atoms with Crippen molar-refractivity contribution in [2.75, 3.05) is 27.2 Å². The van der Waals surface area contributed by atoms with Crippen LogP contribution in [0.2, 0.25) is 5.15 Å². The van der Waals surface area contributed by atoms with Gasteiger partial charge in [0.2, 0.25) is 11.8 Å². The lowest BCUT2D eigenvalue weighted by Gasteiger charge is -2.15. The minimum absolute atomic E-state index is 0.0550. The van der Waals surface area contributed by atoms with Crippen molar-refractivity contribution >= 4 is 29.3 Å². The Bertz CT molecular complexity index is 1610. The molecule has 15 heteroatoms. The average molecular weight is 623 g/mol. The maximum Gasteiger partial charge on any atom is 0.271 e. The number of aromatic nitrogens is 5. The van der Waals surface area contributed by atoms with Crippen molar-refractivity contribution in [3.8, 4) is 28.6 Å². The van der Waals surface area contributed by atoms with Crippen LogP contribution in [-0.2, 0) is 4.74 Å². The van der Waals surface area contributed by atoms with E-state index in [9.17, 15) is 14.7 Å². The van der Waals surface area contributed by atoms with Crippen molar-refractivity contribution in [1.29, 1.82) is 0 Å². The molecule has 2 atom stereocenters. The molecule has 230 valence electrons. The zero-order valence-corrected chi connectivity index (χ0v) is 25.1. The number of nitrogens with one attached hydrogen (secondary N) is 3. The lowest BCUT2D eigenvalue weighted by Crippen LogP contribution is -2.19. The Morgan fingerprint density at radius 1 is 1.00 bits per heavy atom. The molecule has 4 N–H and O–H groups in total. The lowest BCUT2D eigenvalue weighted by molar-refractivity contribution is 0.0949. The number of amides is 2. The van der Waals surface area contributed by atoms with Gasteiger partial charge in [0, 0.05) is 31.4 Å². The van der Waals surface area contributed by atoms with E-state index >= 15 is 0 Å². The van der Waals surface area contributed by atoms with E-state index in [1.54, 1.807) is 13.0 Å². The van der Waals surface area contributed by atoms with E-state index in [2.05, 4.69) is 40.5 Å². The molecule has 0 aliphatic carbocycles. The van der Waals surface area contributed by atoms with Gasteiger partial charge < -0.3 is 34.9 Å². The summed E-state index contributed by atoms with van der Waals surface area (Å²) in [7, 11) is 3.05. The molecule has 0 radical (unpaired) electrons. The van der Waals surface area contributed by atoms with Gasteiger partial charge in [-0.1, -0.05) is 11.6 Å². The number of ether oxygens (including phenoxy) is 3. The molecule has 0 saturated heterocycles. The summed E-state index contributed by atoms with van der Waals surface area (Å²) in [5.74, 6) is 1.16. The number of carbonyl (C=O) groups is 2. The molecule has 44 heavy (non-hydrogen) atoms. The first kappa shape index (κ1) is 31.8. The largest absolute Gasteiger partial charge is 0.488 e. The van der Waals surface area contributed by atoms with Crippen LogP contribution in [0.25, 0.3) is 11.3 Å². The number of H-pyrrole nitrogens is 1. The summed E-state index contributed by atoms with van der Waals surface area (Å²) in [6.45, 7) is 4.23. The van der Waals surface area contributed by atoms with Gasteiger partial charge in [0.1, 0.15) is 45.9 Å². The molecule has 3 aromatic heterocycles. The van der Waals surface area contributed by atoms with Crippen LogP contribution in [0.15, 0.2) is 60.1 Å². The van der Waals surface area contributed by atoms with E-state index in [0.29, 0.717) is 23.9 Å². The fourth-order valence-electron chi connectivity index (χ4n) is 3.73. The van der Waals surface area contributed by atoms with Crippen LogP contribution in [0.4, 0.5) is 0 Å². The van der Waals surface area contributed by atoms with Gasteiger partial charge >= 0.3 is 0 Å². The third-order valence-corrected chi connectivity index (χ3v) is 6.09. The normalized spacial score (nSPS) is 14.3. The summed E-state index contributed by atoms with van der Waals surface area (Å²) in [5, 5.41) is 14.6. The molecule has 5 rings (SSSR count). The summed E-state index contributed by atoms with van der Waals surface area (Å²) in [6, 6.07) is 9.18. The van der Waals surface area contributed by atoms with Gasteiger partial charge in [0.25, 0.3) is 11.8 Å². The first-order chi connectivity index (χ1) is 21.2. The molecule has 1 aliphatic rings. The summed E-state index contributed by atoms with van der Waals surface area (Å²) in [6.07, 6.45) is 5.01. The zero-order valence-electron chi connectivity index (χ0n) is 24.4. The zero-order chi connectivity index (χ0) is 31.6. The van der Waals surface area contributed by atoms with Crippen LogP contribution in [0, 0.1) is 0 Å². The molecule has 0 spiro atoms. The number of carbonyl (C=O) groups excluding carboxylic acids is 2. The molecule has 0 fully saturated rings. The van der Waals surface area contributed by atoms with Crippen LogP contribution in [0.1, 0.15) is 40.5 Å². The second-order valence-corrected chi connectivity index (χ2v) is 9.78. The number of aromatic amines is 1. The fraction of sp³-hybridized carbons (Fsp3) is 0.276. The van der Waals surface area contributed by atoms with Crippen molar-refractivity contribution < 1.29 is 28.9 Å². The molecule has 2 amide bonds. The molecule has 4 heterocycles. The lowest BCUT2D eigenvalue weighted by atomic mass is 10.1. The Hall–Kier alpha value is -5.08. The molecule has 1 aliphatic heterocycles. The minimum atomic E-state index is -0.401. The second kappa shape index (κ2) is 14.9. The monoisotopic (exact) mass is 622 g/mol. The first-order valence-electron chi connectivity index (χ1n) is 13.4. The molecular weight excluding hydrogens is 592 g/mol. The number of aliphatic imine (C=N–C) groups is 1. The van der Waals surface area contributed by atoms with Gasteiger partial charge in [-0.3, -0.25) is 9.59 Å². The number of rotatable bonds is 9. The molecule has 14 nitrogen and oxygen atoms in total. The van der Waals surface area contributed by atoms with Crippen LogP contribution < -0.4 is 20.1 Å². The first-order valence-corrected chi connectivity index (χ1v) is 13.8. The molecule has 1 aromatic carbocycles. The van der Waals surface area contributed by atoms with E-state index in [4.69, 9.17) is 25.8 Å². The van der Waals surface area contributed by atoms with E-state index in [0.717, 1.165) is 17.0 Å². The number of nitrogens with zero attached hydrogens (tertiary/aromatic N) is 5. The second-order valence-electron chi connectivity index (χ2n) is 9.39. The van der Waals surface area contributed by atoms with Gasteiger partial charge in [-0.2, -0.15) is 0 Å². The highest BCUT2D eigenvalue weighted by Gasteiger charge is 2.19. The number of aliphatic hydroxyl groups is 1. The highest BCUT2D eigenvalue weighted by atomic mass is 35.5. The summed E-state index contributed by atoms with van der Waals surface area (Å²) >= 11 is 5.45. The van der Waals surface area contributed by atoms with Crippen LogP contribution in [-0.4, -0.2) is 87.2 Å². The summed E-state index contributed by atoms with van der Waals surface area (Å²) in [5.41, 5.74) is 2.83. The summed E-state index contributed by atoms with van der Waals surface area (Å²) in [4.78, 5) is 45.9. The maximum absolute atomic E-state index is 11.7. The van der Waals surface area contributed by atoms with Crippen molar-refractivity contribution in [3.63, 3.8) is 0 Å². The third kappa shape index (κ3) is 8.49. The van der Waals surface area contributed by atoms with Crippen LogP contribution in [0.5, 0.6) is 17.4 Å². The van der Waals surface area contributed by atoms with Gasteiger partial charge in [-0.25, -0.2) is 24.9 Å². The van der Waals surface area contributed by atoms with Crippen molar-refractivity contribution in [1.82, 2.24) is 35.6 Å². The minimum Gasteiger partial charge on any atom is -0.488 e. The van der Waals surface area contributed by atoms with Crippen molar-refractivity contribution in [2.45, 2.75) is 26.1 Å². The molecular formula is C29H31ClN8O6. The Morgan fingerprint density at radius 3 is 2.23 bits per heavy atom. The van der Waals surface area contributed by atoms with Crippen LogP contribution >= 0.6 is 11.6 Å². The Morgan fingerprint density at radius 2 is 1.66 bits per heavy atom. The Kier molecular flexibility index (Phi) is 10.8. The fourth-order valence-corrected chi connectivity index (χ4v) is 3.83. The topological polar surface area (TPSA) is 186 Å². The van der Waals surface area contributed by atoms with E-state index in [-0.39, 0.29) is 46.9 Å². The number of hydrogen-bond donors (Lipinski definition) is 4. The predicted molar refractivity (Wildman–Crippen MR) is 161 cm³/mol. The summed E-state index contributed by atoms with van der Waals surface area (Å²) < 4.78 is 17.4. The number of benzene rings is 1. The van der Waals surface area contributed by atoms with E-state index in [1.807, 2.05) is 31.2 Å². The molecule has 0 unspecified atom stereocenters. The number of halogens is 1. The highest BCUT2D eigenvalue weighted by Crippen LogP contribution is 2.32. The standard InChI is InChI=1S/C23H25N5O5.C6H6ClN3O/c1-13-9-27-23(32-13)19-5-4-18(28-19)15-6-16(31-14(2)12-29)8-17(7-15)33-21-11-25-20(10-26-21)22(30)24-3;1-8-6(11)4-2-10-5(7)3-9-4/h4-8,10-11,13-14,28-29H,9,12H2,1-3H3,(H,24,30);2-3H,1H3,(H,8,11)/t13-,14-;/m0./s1. The Labute approximate surface area is 257 Å². The smallest absolute Gasteiger partial charge is 0.271 e. The quantitative estimate of drug-likeness (QED) is 0.216. The van der Waals surface area contributed by atoms with Gasteiger partial charge in [0.15, 0.2) is 0 Å². The predicted octanol–water partition coefficient (Wildman–Crippen LogP) is 3.04. The van der Waals surface area contributed by atoms with Crippen LogP contribution in [0.3, 0.4) is 0 Å². The molecule has 0 saturated carbocycles. The maximum atomic E-state index is 11.7. The number of hydrogen-bond acceptors (Lipinski definition) is 11. The third-order valence-electron chi connectivity index (χ3n) is 5.90. The molecule has 4 aromatic rings. The van der Waals surface area contributed by atoms with Gasteiger partial charge in [-0.05, 0) is 38.1 Å². The van der Waals surface area contributed by atoms with Crippen molar-refractivity contribution in [2.24, 2.45) is 4.99 Å². The van der Waals surface area contributed by atoms with E-state index < -0.39 is 6.10 Å². The molecule has 0 bridgehead atoms. The van der Waals surface area contributed by atoms with Crippen molar-refractivity contribution in [3.05, 3.63) is 77.4 Å². The average Bonchev–Trinajstić information content (AvgIpc) is 3.71. The highest BCUT2D eigenvalue weighted by molar-refractivity contribution is 6.29. The van der Waals surface area contributed by atoms with Gasteiger partial charge in [0.05, 0.1) is 37.9 Å². The number of aliphatic hydroxyl groups excluding tert-OH is 1. The van der Waals surface area contributed by atoms with Gasteiger partial charge in [-0.15, -0.1) is 0 Å².